The number of hydrogen-bond acceptors (Lipinski definition) is 5. The van der Waals surface area contributed by atoms with Crippen molar-refractivity contribution >= 4 is 28.5 Å². The van der Waals surface area contributed by atoms with E-state index in [1.54, 1.807) is 12.1 Å². The monoisotopic (exact) mass is 418 g/mol. The first-order valence-corrected chi connectivity index (χ1v) is 10.8. The molecule has 7 heteroatoms. The molecule has 156 valence electrons. The molecule has 0 aliphatic carbocycles. The van der Waals surface area contributed by atoms with Crippen LogP contribution in [0.5, 0.6) is 5.75 Å². The summed E-state index contributed by atoms with van der Waals surface area (Å²) in [4.78, 5) is 26.5. The molecule has 0 bridgehead atoms. The molecule has 1 aromatic carbocycles. The second kappa shape index (κ2) is 8.76. The first-order valence-electron chi connectivity index (χ1n) is 10.4. The van der Waals surface area contributed by atoms with Gasteiger partial charge in [0.2, 0.25) is 0 Å². The van der Waals surface area contributed by atoms with Gasteiger partial charge in [-0.2, -0.15) is 0 Å². The standard InChI is InChI=1S/C22H27ClN2O4/c1-14-9-22(27)29-19-11-20(17(23)10-16(14)19)28-13-21(26)24-12-15-5-4-8-25-7-3-2-6-18(15)25/h9-11,15,18H,2-8,12-13H2,1H3,(H,24,26)/t15-,18?/m0/s1. The highest BCUT2D eigenvalue weighted by atomic mass is 35.5. The molecular weight excluding hydrogens is 392 g/mol. The summed E-state index contributed by atoms with van der Waals surface area (Å²) in [7, 11) is 0. The number of aryl methyl sites for hydroxylation is 1. The highest BCUT2D eigenvalue weighted by Crippen LogP contribution is 2.32. The topological polar surface area (TPSA) is 71.8 Å². The summed E-state index contributed by atoms with van der Waals surface area (Å²) in [6, 6.07) is 5.29. The van der Waals surface area contributed by atoms with Crippen LogP contribution in [0.4, 0.5) is 0 Å². The van der Waals surface area contributed by atoms with Gasteiger partial charge in [0.05, 0.1) is 5.02 Å². The van der Waals surface area contributed by atoms with Gasteiger partial charge in [0.1, 0.15) is 11.3 Å². The minimum Gasteiger partial charge on any atom is -0.482 e. The summed E-state index contributed by atoms with van der Waals surface area (Å²) in [5.41, 5.74) is 0.756. The Balaban J connectivity index is 1.35. The van der Waals surface area contributed by atoms with Gasteiger partial charge in [-0.3, -0.25) is 4.79 Å². The first kappa shape index (κ1) is 20.2. The molecule has 6 nitrogen and oxygen atoms in total. The van der Waals surface area contributed by atoms with E-state index in [-0.39, 0.29) is 12.5 Å². The predicted molar refractivity (Wildman–Crippen MR) is 113 cm³/mol. The Morgan fingerprint density at radius 2 is 2.07 bits per heavy atom. The van der Waals surface area contributed by atoms with Crippen molar-refractivity contribution in [3.05, 3.63) is 39.2 Å². The van der Waals surface area contributed by atoms with Gasteiger partial charge < -0.3 is 19.4 Å². The molecule has 29 heavy (non-hydrogen) atoms. The molecule has 0 saturated carbocycles. The van der Waals surface area contributed by atoms with Crippen molar-refractivity contribution in [1.29, 1.82) is 0 Å². The van der Waals surface area contributed by atoms with Gasteiger partial charge in [0, 0.05) is 30.1 Å². The van der Waals surface area contributed by atoms with Gasteiger partial charge in [-0.1, -0.05) is 18.0 Å². The smallest absolute Gasteiger partial charge is 0.336 e. The number of piperidine rings is 2. The molecule has 1 unspecified atom stereocenters. The minimum atomic E-state index is -0.426. The number of halogens is 1. The summed E-state index contributed by atoms with van der Waals surface area (Å²) in [5.74, 6) is 0.675. The lowest BCUT2D eigenvalue weighted by atomic mass is 9.83. The molecule has 3 heterocycles. The van der Waals surface area contributed by atoms with Gasteiger partial charge in [0.25, 0.3) is 5.91 Å². The lowest BCUT2D eigenvalue weighted by molar-refractivity contribution is -0.123. The Morgan fingerprint density at radius 1 is 1.24 bits per heavy atom. The third-order valence-electron chi connectivity index (χ3n) is 6.15. The number of nitrogens with zero attached hydrogens (tertiary/aromatic N) is 1. The number of benzene rings is 1. The fourth-order valence-corrected chi connectivity index (χ4v) is 4.90. The van der Waals surface area contributed by atoms with Crippen LogP contribution in [0.1, 0.15) is 37.7 Å². The van der Waals surface area contributed by atoms with Gasteiger partial charge in [-0.05, 0) is 63.2 Å². The summed E-state index contributed by atoms with van der Waals surface area (Å²) >= 11 is 6.29. The summed E-state index contributed by atoms with van der Waals surface area (Å²) in [6.45, 7) is 4.76. The number of carbonyl (C=O) groups excluding carboxylic acids is 1. The number of amides is 1. The van der Waals surface area contributed by atoms with Crippen LogP contribution in [0.3, 0.4) is 0 Å². The Bertz CT molecular complexity index is 956. The van der Waals surface area contributed by atoms with Crippen molar-refractivity contribution in [1.82, 2.24) is 10.2 Å². The Morgan fingerprint density at radius 3 is 2.93 bits per heavy atom. The third-order valence-corrected chi connectivity index (χ3v) is 6.45. The average molecular weight is 419 g/mol. The van der Waals surface area contributed by atoms with Crippen LogP contribution in [-0.2, 0) is 4.79 Å². The van der Waals surface area contributed by atoms with Crippen LogP contribution >= 0.6 is 11.6 Å². The molecule has 0 radical (unpaired) electrons. The molecule has 1 N–H and O–H groups in total. The fourth-order valence-electron chi connectivity index (χ4n) is 4.68. The third kappa shape index (κ3) is 4.59. The van der Waals surface area contributed by atoms with Gasteiger partial charge in [-0.25, -0.2) is 4.79 Å². The van der Waals surface area contributed by atoms with E-state index < -0.39 is 5.63 Å². The average Bonchev–Trinajstić information content (AvgIpc) is 2.71. The summed E-state index contributed by atoms with van der Waals surface area (Å²) in [5, 5.41) is 4.16. The van der Waals surface area contributed by atoms with Crippen molar-refractivity contribution in [3.63, 3.8) is 0 Å². The molecule has 0 spiro atoms. The van der Waals surface area contributed by atoms with Gasteiger partial charge in [0.15, 0.2) is 6.61 Å². The number of nitrogens with one attached hydrogen (secondary N) is 1. The van der Waals surface area contributed by atoms with Gasteiger partial charge >= 0.3 is 5.63 Å². The lowest BCUT2D eigenvalue weighted by Crippen LogP contribution is -2.51. The van der Waals surface area contributed by atoms with E-state index in [9.17, 15) is 9.59 Å². The lowest BCUT2D eigenvalue weighted by Gasteiger charge is -2.44. The van der Waals surface area contributed by atoms with Crippen molar-refractivity contribution in [2.45, 2.75) is 45.1 Å². The highest BCUT2D eigenvalue weighted by Gasteiger charge is 2.32. The molecule has 2 aliphatic rings. The summed E-state index contributed by atoms with van der Waals surface area (Å²) < 4.78 is 10.8. The van der Waals surface area contributed by atoms with Crippen LogP contribution in [-0.4, -0.2) is 43.1 Å². The van der Waals surface area contributed by atoms with Crippen LogP contribution in [0.2, 0.25) is 5.02 Å². The molecule has 2 aliphatic heterocycles. The fraction of sp³-hybridized carbons (Fsp3) is 0.545. The van der Waals surface area contributed by atoms with Gasteiger partial charge in [-0.15, -0.1) is 0 Å². The van der Waals surface area contributed by atoms with Crippen molar-refractivity contribution < 1.29 is 13.9 Å². The van der Waals surface area contributed by atoms with E-state index in [4.69, 9.17) is 20.8 Å². The Kier molecular flexibility index (Phi) is 6.11. The number of fused-ring (bicyclic) bond motifs is 2. The maximum atomic E-state index is 12.3. The first-order chi connectivity index (χ1) is 14.0. The molecule has 2 aromatic rings. The molecule has 1 amide bonds. The van der Waals surface area contributed by atoms with Crippen molar-refractivity contribution in [3.8, 4) is 5.75 Å². The van der Waals surface area contributed by atoms with E-state index >= 15 is 0 Å². The van der Waals surface area contributed by atoms with E-state index in [2.05, 4.69) is 10.2 Å². The number of carbonyl (C=O) groups is 1. The number of rotatable bonds is 5. The molecule has 2 saturated heterocycles. The highest BCUT2D eigenvalue weighted by molar-refractivity contribution is 6.32. The SMILES string of the molecule is Cc1cc(=O)oc2cc(OCC(=O)NC[C@@H]3CCCN4CCCCC34)c(Cl)cc12. The summed E-state index contributed by atoms with van der Waals surface area (Å²) in [6.07, 6.45) is 6.16. The maximum Gasteiger partial charge on any atom is 0.336 e. The molecular formula is C22H27ClN2O4. The van der Waals surface area contributed by atoms with Crippen LogP contribution in [0.15, 0.2) is 27.4 Å². The predicted octanol–water partition coefficient (Wildman–Crippen LogP) is 3.51. The van der Waals surface area contributed by atoms with Crippen molar-refractivity contribution in [2.75, 3.05) is 26.2 Å². The number of hydrogen-bond donors (Lipinski definition) is 1. The quantitative estimate of drug-likeness (QED) is 0.752. The zero-order chi connectivity index (χ0) is 20.4. The molecule has 2 atom stereocenters. The molecule has 1 aromatic heterocycles. The maximum absolute atomic E-state index is 12.3. The Labute approximate surface area is 175 Å². The van der Waals surface area contributed by atoms with E-state index in [0.717, 1.165) is 17.4 Å². The molecule has 2 fully saturated rings. The second-order valence-electron chi connectivity index (χ2n) is 8.12. The van der Waals surface area contributed by atoms with E-state index in [0.29, 0.717) is 34.9 Å². The van der Waals surface area contributed by atoms with E-state index in [1.807, 2.05) is 6.92 Å². The van der Waals surface area contributed by atoms with Crippen molar-refractivity contribution in [2.24, 2.45) is 5.92 Å². The van der Waals surface area contributed by atoms with Crippen LogP contribution < -0.4 is 15.7 Å². The van der Waals surface area contributed by atoms with Crippen LogP contribution in [0.25, 0.3) is 11.0 Å². The van der Waals surface area contributed by atoms with Crippen LogP contribution in [0, 0.1) is 12.8 Å². The number of ether oxygens (including phenoxy) is 1. The molecule has 4 rings (SSSR count). The second-order valence-corrected chi connectivity index (χ2v) is 8.53. The largest absolute Gasteiger partial charge is 0.482 e. The minimum absolute atomic E-state index is 0.123. The normalized spacial score (nSPS) is 22.3. The zero-order valence-electron chi connectivity index (χ0n) is 16.7. The van der Waals surface area contributed by atoms with E-state index in [1.165, 1.54) is 44.8 Å². The Hall–Kier alpha value is -2.05. The zero-order valence-corrected chi connectivity index (χ0v) is 17.5.